The fraction of sp³-hybridized carbons (Fsp3) is 0.917. The van der Waals surface area contributed by atoms with Gasteiger partial charge in [0.2, 0.25) is 5.91 Å². The average Bonchev–Trinajstić information content (AvgIpc) is 2.53. The van der Waals surface area contributed by atoms with Crippen LogP contribution < -0.4 is 10.6 Å². The molecule has 3 heteroatoms. The monoisotopic (exact) mass is 212 g/mol. The summed E-state index contributed by atoms with van der Waals surface area (Å²) in [5, 5.41) is 5.98. The Bertz CT molecular complexity index is 186. The van der Waals surface area contributed by atoms with Crippen LogP contribution in [0.2, 0.25) is 0 Å². The van der Waals surface area contributed by atoms with Crippen LogP contribution in [-0.2, 0) is 4.79 Å². The molecule has 0 aromatic heterocycles. The Balaban J connectivity index is 2.19. The van der Waals surface area contributed by atoms with Gasteiger partial charge < -0.3 is 10.6 Å². The van der Waals surface area contributed by atoms with Crippen LogP contribution in [0.1, 0.15) is 45.4 Å². The molecular formula is C12H24N2O. The van der Waals surface area contributed by atoms with E-state index >= 15 is 0 Å². The SMILES string of the molecule is CNC(=O)C(C)NCC1CCCCCC1. The molecule has 15 heavy (non-hydrogen) atoms. The second-order valence-corrected chi connectivity index (χ2v) is 4.60. The average molecular weight is 212 g/mol. The van der Waals surface area contributed by atoms with E-state index in [4.69, 9.17) is 0 Å². The summed E-state index contributed by atoms with van der Waals surface area (Å²) in [4.78, 5) is 11.3. The van der Waals surface area contributed by atoms with Gasteiger partial charge in [0.1, 0.15) is 0 Å². The lowest BCUT2D eigenvalue weighted by molar-refractivity contribution is -0.122. The van der Waals surface area contributed by atoms with Gasteiger partial charge in [0.15, 0.2) is 0 Å². The first kappa shape index (κ1) is 12.5. The van der Waals surface area contributed by atoms with Crippen LogP contribution in [0.5, 0.6) is 0 Å². The van der Waals surface area contributed by atoms with Crippen molar-refractivity contribution in [3.63, 3.8) is 0 Å². The van der Waals surface area contributed by atoms with Crippen molar-refractivity contribution in [2.45, 2.75) is 51.5 Å². The number of amides is 1. The third-order valence-electron chi connectivity index (χ3n) is 3.33. The number of carbonyl (C=O) groups is 1. The highest BCUT2D eigenvalue weighted by Gasteiger charge is 2.15. The lowest BCUT2D eigenvalue weighted by Gasteiger charge is -2.18. The molecule has 1 aliphatic carbocycles. The van der Waals surface area contributed by atoms with Crippen LogP contribution in [0.25, 0.3) is 0 Å². The number of hydrogen-bond acceptors (Lipinski definition) is 2. The van der Waals surface area contributed by atoms with Gasteiger partial charge in [-0.05, 0) is 32.2 Å². The zero-order valence-corrected chi connectivity index (χ0v) is 10.0. The Kier molecular flexibility index (Phi) is 5.69. The molecule has 1 aliphatic rings. The fourth-order valence-electron chi connectivity index (χ4n) is 2.22. The van der Waals surface area contributed by atoms with Gasteiger partial charge in [0, 0.05) is 7.05 Å². The molecule has 0 radical (unpaired) electrons. The van der Waals surface area contributed by atoms with Crippen LogP contribution in [0.3, 0.4) is 0 Å². The molecule has 1 amide bonds. The first-order chi connectivity index (χ1) is 7.24. The van der Waals surface area contributed by atoms with Gasteiger partial charge in [-0.15, -0.1) is 0 Å². The highest BCUT2D eigenvalue weighted by atomic mass is 16.2. The normalized spacial score (nSPS) is 20.7. The van der Waals surface area contributed by atoms with Crippen molar-refractivity contribution in [1.82, 2.24) is 10.6 Å². The highest BCUT2D eigenvalue weighted by molar-refractivity contribution is 5.80. The molecule has 88 valence electrons. The molecule has 1 rings (SSSR count). The Hall–Kier alpha value is -0.570. The van der Waals surface area contributed by atoms with Crippen LogP contribution in [0, 0.1) is 5.92 Å². The maximum Gasteiger partial charge on any atom is 0.236 e. The molecule has 0 bridgehead atoms. The van der Waals surface area contributed by atoms with Crippen LogP contribution in [-0.4, -0.2) is 25.5 Å². The van der Waals surface area contributed by atoms with Gasteiger partial charge in [0.25, 0.3) is 0 Å². The zero-order valence-electron chi connectivity index (χ0n) is 10.0. The van der Waals surface area contributed by atoms with E-state index in [-0.39, 0.29) is 11.9 Å². The van der Waals surface area contributed by atoms with Crippen LogP contribution in [0.15, 0.2) is 0 Å². The number of carbonyl (C=O) groups excluding carboxylic acids is 1. The Morgan fingerprint density at radius 1 is 1.27 bits per heavy atom. The fourth-order valence-corrected chi connectivity index (χ4v) is 2.22. The first-order valence-corrected chi connectivity index (χ1v) is 6.19. The molecule has 1 saturated carbocycles. The van der Waals surface area contributed by atoms with Gasteiger partial charge in [0.05, 0.1) is 6.04 Å². The van der Waals surface area contributed by atoms with Gasteiger partial charge >= 0.3 is 0 Å². The molecule has 0 aromatic carbocycles. The molecular weight excluding hydrogens is 188 g/mol. The predicted octanol–water partition coefficient (Wildman–Crippen LogP) is 1.68. The van der Waals surface area contributed by atoms with E-state index < -0.39 is 0 Å². The maximum atomic E-state index is 11.3. The second-order valence-electron chi connectivity index (χ2n) is 4.60. The molecule has 1 fully saturated rings. The Labute approximate surface area is 93.0 Å². The largest absolute Gasteiger partial charge is 0.358 e. The lowest BCUT2D eigenvalue weighted by atomic mass is 10.0. The molecule has 0 saturated heterocycles. The third-order valence-corrected chi connectivity index (χ3v) is 3.33. The van der Waals surface area contributed by atoms with Crippen molar-refractivity contribution in [2.24, 2.45) is 5.92 Å². The van der Waals surface area contributed by atoms with Crippen molar-refractivity contribution in [1.29, 1.82) is 0 Å². The molecule has 0 aliphatic heterocycles. The summed E-state index contributed by atoms with van der Waals surface area (Å²) in [6, 6.07) is -0.0572. The zero-order chi connectivity index (χ0) is 11.1. The molecule has 2 N–H and O–H groups in total. The summed E-state index contributed by atoms with van der Waals surface area (Å²) in [6.45, 7) is 2.92. The quantitative estimate of drug-likeness (QED) is 0.696. The van der Waals surface area contributed by atoms with E-state index in [1.807, 2.05) is 6.92 Å². The molecule has 3 nitrogen and oxygen atoms in total. The maximum absolute atomic E-state index is 11.3. The smallest absolute Gasteiger partial charge is 0.236 e. The standard InChI is InChI=1S/C12H24N2O/c1-10(12(15)13-2)14-9-11-7-5-3-4-6-8-11/h10-11,14H,3-9H2,1-2H3,(H,13,15). The predicted molar refractivity (Wildman–Crippen MR) is 62.7 cm³/mol. The van der Waals surface area contributed by atoms with E-state index in [2.05, 4.69) is 10.6 Å². The summed E-state index contributed by atoms with van der Waals surface area (Å²) in [7, 11) is 1.69. The topological polar surface area (TPSA) is 41.1 Å². The molecule has 0 aromatic rings. The minimum absolute atomic E-state index is 0.0572. The van der Waals surface area contributed by atoms with Gasteiger partial charge in [-0.1, -0.05) is 25.7 Å². The lowest BCUT2D eigenvalue weighted by Crippen LogP contribution is -2.42. The van der Waals surface area contributed by atoms with Crippen molar-refractivity contribution >= 4 is 5.91 Å². The van der Waals surface area contributed by atoms with E-state index in [1.165, 1.54) is 38.5 Å². The number of rotatable bonds is 4. The van der Waals surface area contributed by atoms with Gasteiger partial charge in [-0.3, -0.25) is 4.79 Å². The first-order valence-electron chi connectivity index (χ1n) is 6.19. The number of nitrogens with one attached hydrogen (secondary N) is 2. The summed E-state index contributed by atoms with van der Waals surface area (Å²) in [6.07, 6.45) is 8.16. The van der Waals surface area contributed by atoms with Crippen LogP contribution >= 0.6 is 0 Å². The Morgan fingerprint density at radius 2 is 1.87 bits per heavy atom. The van der Waals surface area contributed by atoms with Crippen molar-refractivity contribution in [3.05, 3.63) is 0 Å². The minimum atomic E-state index is -0.0572. The van der Waals surface area contributed by atoms with E-state index in [0.717, 1.165) is 12.5 Å². The summed E-state index contributed by atoms with van der Waals surface area (Å²) in [5.41, 5.74) is 0. The molecule has 0 heterocycles. The van der Waals surface area contributed by atoms with Gasteiger partial charge in [-0.2, -0.15) is 0 Å². The van der Waals surface area contributed by atoms with Crippen LogP contribution in [0.4, 0.5) is 0 Å². The summed E-state index contributed by atoms with van der Waals surface area (Å²) in [5.74, 6) is 0.864. The third kappa shape index (κ3) is 4.65. The summed E-state index contributed by atoms with van der Waals surface area (Å²) >= 11 is 0. The molecule has 0 spiro atoms. The second kappa shape index (κ2) is 6.83. The highest BCUT2D eigenvalue weighted by Crippen LogP contribution is 2.22. The minimum Gasteiger partial charge on any atom is -0.358 e. The van der Waals surface area contributed by atoms with Crippen molar-refractivity contribution < 1.29 is 4.79 Å². The number of likely N-dealkylation sites (N-methyl/N-ethyl adjacent to an activating group) is 1. The summed E-state index contributed by atoms with van der Waals surface area (Å²) < 4.78 is 0. The molecule has 1 atom stereocenters. The Morgan fingerprint density at radius 3 is 2.40 bits per heavy atom. The van der Waals surface area contributed by atoms with E-state index in [1.54, 1.807) is 7.05 Å². The molecule has 1 unspecified atom stereocenters. The van der Waals surface area contributed by atoms with E-state index in [0.29, 0.717) is 0 Å². The number of hydrogen-bond donors (Lipinski definition) is 2. The van der Waals surface area contributed by atoms with Crippen molar-refractivity contribution in [3.8, 4) is 0 Å². The van der Waals surface area contributed by atoms with E-state index in [9.17, 15) is 4.79 Å². The van der Waals surface area contributed by atoms with Crippen molar-refractivity contribution in [2.75, 3.05) is 13.6 Å². The van der Waals surface area contributed by atoms with Gasteiger partial charge in [-0.25, -0.2) is 0 Å².